The van der Waals surface area contributed by atoms with Crippen LogP contribution in [0.1, 0.15) is 38.1 Å². The highest BCUT2D eigenvalue weighted by Crippen LogP contribution is 2.32. The van der Waals surface area contributed by atoms with Gasteiger partial charge in [0.2, 0.25) is 0 Å². The Morgan fingerprint density at radius 3 is 2.30 bits per heavy atom. The number of benzene rings is 1. The zero-order valence-electron chi connectivity index (χ0n) is 12.4. The summed E-state index contributed by atoms with van der Waals surface area (Å²) in [7, 11) is 0. The van der Waals surface area contributed by atoms with Gasteiger partial charge in [-0.15, -0.1) is 0 Å². The highest BCUT2D eigenvalue weighted by Gasteiger charge is 2.38. The van der Waals surface area contributed by atoms with Crippen LogP contribution in [0.5, 0.6) is 0 Å². The predicted molar refractivity (Wildman–Crippen MR) is 79.3 cm³/mol. The van der Waals surface area contributed by atoms with Gasteiger partial charge in [-0.1, -0.05) is 0 Å². The van der Waals surface area contributed by atoms with E-state index in [4.69, 9.17) is 10.5 Å². The number of hydrogen-bond acceptors (Lipinski definition) is 4. The minimum Gasteiger partial charge on any atom is -0.478 e. The third-order valence-corrected chi connectivity index (χ3v) is 3.33. The molecule has 0 unspecified atom stereocenters. The van der Waals surface area contributed by atoms with Crippen molar-refractivity contribution in [3.8, 4) is 0 Å². The lowest BCUT2D eigenvalue weighted by Gasteiger charge is -2.48. The van der Waals surface area contributed by atoms with E-state index in [0.717, 1.165) is 5.69 Å². The van der Waals surface area contributed by atoms with E-state index in [0.29, 0.717) is 13.1 Å². The summed E-state index contributed by atoms with van der Waals surface area (Å²) in [6, 6.07) is 5.14. The summed E-state index contributed by atoms with van der Waals surface area (Å²) in [4.78, 5) is 13.3. The van der Waals surface area contributed by atoms with E-state index < -0.39 is 5.97 Å². The highest BCUT2D eigenvalue weighted by atomic mass is 16.5. The molecule has 0 atom stereocenters. The van der Waals surface area contributed by atoms with Crippen molar-refractivity contribution in [3.05, 3.63) is 23.8 Å². The summed E-state index contributed by atoms with van der Waals surface area (Å²) in [6.45, 7) is 9.57. The number of morpholine rings is 1. The number of carboxylic acid groups (broad SMARTS) is 1. The number of nitrogen functional groups attached to an aromatic ring is 1. The second-order valence-electron chi connectivity index (χ2n) is 6.55. The molecule has 5 nitrogen and oxygen atoms in total. The minimum atomic E-state index is -1.00. The molecule has 0 saturated carbocycles. The number of carboxylic acids is 1. The monoisotopic (exact) mass is 278 g/mol. The predicted octanol–water partition coefficient (Wildman–Crippen LogP) is 2.36. The molecule has 0 aliphatic carbocycles. The fraction of sp³-hybridized carbons (Fsp3) is 0.533. The Hall–Kier alpha value is -1.75. The van der Waals surface area contributed by atoms with Crippen molar-refractivity contribution in [3.63, 3.8) is 0 Å². The molecule has 1 saturated heterocycles. The molecular weight excluding hydrogens is 256 g/mol. The molecule has 1 aliphatic heterocycles. The summed E-state index contributed by atoms with van der Waals surface area (Å²) in [6.07, 6.45) is 0. The molecule has 0 bridgehead atoms. The molecule has 0 amide bonds. The average molecular weight is 278 g/mol. The zero-order chi connectivity index (χ0) is 15.1. The molecule has 1 aromatic rings. The van der Waals surface area contributed by atoms with Crippen molar-refractivity contribution in [1.82, 2.24) is 0 Å². The van der Waals surface area contributed by atoms with Crippen LogP contribution in [-0.2, 0) is 4.74 Å². The summed E-state index contributed by atoms with van der Waals surface area (Å²) in [5.74, 6) is -1.00. The third kappa shape index (κ3) is 3.04. The minimum absolute atomic E-state index is 0.143. The molecular formula is C15H22N2O3. The van der Waals surface area contributed by atoms with Gasteiger partial charge in [-0.25, -0.2) is 4.79 Å². The largest absolute Gasteiger partial charge is 0.478 e. The van der Waals surface area contributed by atoms with E-state index in [9.17, 15) is 9.90 Å². The first-order valence-electron chi connectivity index (χ1n) is 6.68. The van der Waals surface area contributed by atoms with Crippen molar-refractivity contribution in [1.29, 1.82) is 0 Å². The van der Waals surface area contributed by atoms with Gasteiger partial charge in [0.05, 0.1) is 16.8 Å². The van der Waals surface area contributed by atoms with Crippen LogP contribution in [0.25, 0.3) is 0 Å². The van der Waals surface area contributed by atoms with Crippen molar-refractivity contribution >= 4 is 17.3 Å². The first-order valence-corrected chi connectivity index (χ1v) is 6.68. The molecule has 3 N–H and O–H groups in total. The molecule has 110 valence electrons. The molecule has 1 fully saturated rings. The van der Waals surface area contributed by atoms with E-state index in [2.05, 4.69) is 4.90 Å². The molecule has 1 aliphatic rings. The van der Waals surface area contributed by atoms with Gasteiger partial charge in [0.25, 0.3) is 0 Å². The van der Waals surface area contributed by atoms with Gasteiger partial charge < -0.3 is 20.5 Å². The van der Waals surface area contributed by atoms with Gasteiger partial charge in [-0.3, -0.25) is 0 Å². The Kier molecular flexibility index (Phi) is 3.42. The lowest BCUT2D eigenvalue weighted by molar-refractivity contribution is -0.133. The molecule has 0 aromatic heterocycles. The van der Waals surface area contributed by atoms with E-state index in [1.54, 1.807) is 12.1 Å². The van der Waals surface area contributed by atoms with Crippen LogP contribution in [0.2, 0.25) is 0 Å². The third-order valence-electron chi connectivity index (χ3n) is 3.33. The number of nitrogens with two attached hydrogens (primary N) is 1. The molecule has 0 radical (unpaired) electrons. The molecule has 1 aromatic carbocycles. The van der Waals surface area contributed by atoms with Crippen LogP contribution < -0.4 is 10.6 Å². The van der Waals surface area contributed by atoms with Crippen LogP contribution in [-0.4, -0.2) is 35.4 Å². The number of anilines is 2. The van der Waals surface area contributed by atoms with E-state index in [1.165, 1.54) is 0 Å². The zero-order valence-corrected chi connectivity index (χ0v) is 12.4. The first kappa shape index (κ1) is 14.7. The Labute approximate surface area is 119 Å². The maximum absolute atomic E-state index is 11.2. The summed E-state index contributed by atoms with van der Waals surface area (Å²) in [5.41, 5.74) is 6.42. The Morgan fingerprint density at radius 2 is 1.80 bits per heavy atom. The Morgan fingerprint density at radius 1 is 1.25 bits per heavy atom. The van der Waals surface area contributed by atoms with E-state index in [-0.39, 0.29) is 22.5 Å². The normalized spacial score (nSPS) is 20.7. The van der Waals surface area contributed by atoms with Gasteiger partial charge >= 0.3 is 5.97 Å². The number of rotatable bonds is 2. The lowest BCUT2D eigenvalue weighted by atomic mass is 9.98. The van der Waals surface area contributed by atoms with E-state index in [1.807, 2.05) is 33.8 Å². The molecule has 5 heteroatoms. The number of hydrogen-bond donors (Lipinski definition) is 2. The maximum Gasteiger partial charge on any atom is 0.337 e. The molecule has 0 spiro atoms. The fourth-order valence-electron chi connectivity index (χ4n) is 2.90. The van der Waals surface area contributed by atoms with Crippen LogP contribution in [0.3, 0.4) is 0 Å². The highest BCUT2D eigenvalue weighted by molar-refractivity contribution is 5.94. The quantitative estimate of drug-likeness (QED) is 0.812. The summed E-state index contributed by atoms with van der Waals surface area (Å²) in [5, 5.41) is 9.17. The van der Waals surface area contributed by atoms with Crippen molar-refractivity contribution in [2.45, 2.75) is 38.9 Å². The lowest BCUT2D eigenvalue weighted by Crippen LogP contribution is -2.57. The number of aromatic carboxylic acids is 1. The summed E-state index contributed by atoms with van der Waals surface area (Å²) < 4.78 is 6.03. The second-order valence-corrected chi connectivity index (χ2v) is 6.55. The van der Waals surface area contributed by atoms with Gasteiger partial charge in [0, 0.05) is 24.5 Å². The van der Waals surface area contributed by atoms with E-state index >= 15 is 0 Å². The van der Waals surface area contributed by atoms with Gasteiger partial charge in [-0.05, 0) is 45.9 Å². The van der Waals surface area contributed by atoms with Gasteiger partial charge in [0.15, 0.2) is 0 Å². The van der Waals surface area contributed by atoms with Gasteiger partial charge in [-0.2, -0.15) is 0 Å². The molecule has 20 heavy (non-hydrogen) atoms. The number of ether oxygens (including phenoxy) is 1. The standard InChI is InChI=1S/C15H22N2O3/c1-14(2)8-17(9-15(3,4)20-14)10-5-6-12(16)11(7-10)13(18)19/h5-7H,8-9,16H2,1-4H3,(H,18,19). The molecule has 2 rings (SSSR count). The summed E-state index contributed by atoms with van der Waals surface area (Å²) >= 11 is 0. The smallest absolute Gasteiger partial charge is 0.337 e. The van der Waals surface area contributed by atoms with Crippen LogP contribution in [0.4, 0.5) is 11.4 Å². The fourth-order valence-corrected chi connectivity index (χ4v) is 2.90. The molecule has 1 heterocycles. The maximum atomic E-state index is 11.2. The SMILES string of the molecule is CC1(C)CN(c2ccc(N)c(C(=O)O)c2)CC(C)(C)O1. The first-order chi connectivity index (χ1) is 9.10. The van der Waals surface area contributed by atoms with Crippen molar-refractivity contribution < 1.29 is 14.6 Å². The topological polar surface area (TPSA) is 75.8 Å². The Balaban J connectivity index is 2.36. The van der Waals surface area contributed by atoms with Crippen molar-refractivity contribution in [2.24, 2.45) is 0 Å². The second kappa shape index (κ2) is 4.66. The van der Waals surface area contributed by atoms with Crippen molar-refractivity contribution in [2.75, 3.05) is 23.7 Å². The van der Waals surface area contributed by atoms with Gasteiger partial charge in [0.1, 0.15) is 0 Å². The van der Waals surface area contributed by atoms with Crippen LogP contribution >= 0.6 is 0 Å². The number of carbonyl (C=O) groups is 1. The number of nitrogens with zero attached hydrogens (tertiary/aromatic N) is 1. The average Bonchev–Trinajstić information content (AvgIpc) is 2.24. The Bertz CT molecular complexity index is 522. The van der Waals surface area contributed by atoms with Crippen LogP contribution in [0.15, 0.2) is 18.2 Å². The van der Waals surface area contributed by atoms with Crippen LogP contribution in [0, 0.1) is 0 Å².